The van der Waals surface area contributed by atoms with Gasteiger partial charge in [0.25, 0.3) is 0 Å². The number of rotatable bonds is 5. The highest BCUT2D eigenvalue weighted by Gasteiger charge is 2.39. The topological polar surface area (TPSA) is 30.5 Å². The molecular formula is C15H20FNO2. The van der Waals surface area contributed by atoms with Gasteiger partial charge in [0.2, 0.25) is 0 Å². The first-order chi connectivity index (χ1) is 9.28. The third kappa shape index (κ3) is 2.84. The van der Waals surface area contributed by atoms with E-state index in [1.165, 1.54) is 25.0 Å². The van der Waals surface area contributed by atoms with Crippen LogP contribution in [-0.4, -0.2) is 26.3 Å². The zero-order chi connectivity index (χ0) is 13.2. The molecule has 19 heavy (non-hydrogen) atoms. The van der Waals surface area contributed by atoms with Crippen LogP contribution in [0.1, 0.15) is 19.3 Å². The quantitative estimate of drug-likeness (QED) is 0.887. The van der Waals surface area contributed by atoms with Crippen molar-refractivity contribution in [2.24, 2.45) is 11.8 Å². The van der Waals surface area contributed by atoms with Gasteiger partial charge in [-0.15, -0.1) is 0 Å². The number of benzene rings is 1. The molecule has 1 saturated heterocycles. The van der Waals surface area contributed by atoms with E-state index >= 15 is 0 Å². The van der Waals surface area contributed by atoms with E-state index in [-0.39, 0.29) is 11.9 Å². The van der Waals surface area contributed by atoms with Crippen LogP contribution >= 0.6 is 0 Å². The standard InChI is InChI=1S/C15H20FNO2/c1-18-14-8-12(16)4-5-13(14)19-15(10-2-3-10)11-6-7-17-9-11/h4-5,8,10-11,15,17H,2-3,6-7,9H2,1H3/t11-,15+/m0/s1. The summed E-state index contributed by atoms with van der Waals surface area (Å²) in [5.41, 5.74) is 0. The van der Waals surface area contributed by atoms with Crippen molar-refractivity contribution >= 4 is 0 Å². The van der Waals surface area contributed by atoms with Gasteiger partial charge in [-0.2, -0.15) is 0 Å². The SMILES string of the molecule is COc1cc(F)ccc1O[C@H](C1CC1)[C@H]1CCNC1. The van der Waals surface area contributed by atoms with Gasteiger partial charge in [0.15, 0.2) is 11.5 Å². The maximum absolute atomic E-state index is 13.2. The van der Waals surface area contributed by atoms with E-state index in [0.717, 1.165) is 19.5 Å². The first kappa shape index (κ1) is 12.7. The molecule has 1 saturated carbocycles. The average Bonchev–Trinajstić information content (AvgIpc) is 3.11. The van der Waals surface area contributed by atoms with Crippen LogP contribution in [0.3, 0.4) is 0 Å². The van der Waals surface area contributed by atoms with Gasteiger partial charge in [0, 0.05) is 18.5 Å². The van der Waals surface area contributed by atoms with Crippen LogP contribution in [0.25, 0.3) is 0 Å². The molecule has 0 aromatic heterocycles. The lowest BCUT2D eigenvalue weighted by atomic mass is 9.97. The lowest BCUT2D eigenvalue weighted by molar-refractivity contribution is 0.116. The van der Waals surface area contributed by atoms with E-state index in [4.69, 9.17) is 9.47 Å². The molecular weight excluding hydrogens is 245 g/mol. The second-order valence-electron chi connectivity index (χ2n) is 5.47. The Morgan fingerprint density at radius 2 is 2.05 bits per heavy atom. The summed E-state index contributed by atoms with van der Waals surface area (Å²) in [5.74, 6) is 2.06. The average molecular weight is 265 g/mol. The molecule has 104 valence electrons. The van der Waals surface area contributed by atoms with Gasteiger partial charge in [-0.25, -0.2) is 4.39 Å². The van der Waals surface area contributed by atoms with Crippen molar-refractivity contribution in [3.63, 3.8) is 0 Å². The molecule has 4 heteroatoms. The Morgan fingerprint density at radius 1 is 1.21 bits per heavy atom. The van der Waals surface area contributed by atoms with E-state index < -0.39 is 0 Å². The Hall–Kier alpha value is -1.29. The maximum Gasteiger partial charge on any atom is 0.163 e. The molecule has 0 radical (unpaired) electrons. The second kappa shape index (κ2) is 5.37. The number of hydrogen-bond acceptors (Lipinski definition) is 3. The third-order valence-corrected chi connectivity index (χ3v) is 4.04. The van der Waals surface area contributed by atoms with Crippen molar-refractivity contribution in [3.05, 3.63) is 24.0 Å². The molecule has 1 aromatic carbocycles. The van der Waals surface area contributed by atoms with E-state index in [1.807, 2.05) is 0 Å². The Balaban J connectivity index is 1.77. The summed E-state index contributed by atoms with van der Waals surface area (Å²) >= 11 is 0. The Labute approximate surface area is 113 Å². The van der Waals surface area contributed by atoms with Gasteiger partial charge in [-0.05, 0) is 43.9 Å². The minimum absolute atomic E-state index is 0.231. The molecule has 2 fully saturated rings. The molecule has 0 bridgehead atoms. The summed E-state index contributed by atoms with van der Waals surface area (Å²) in [6.45, 7) is 2.09. The van der Waals surface area contributed by atoms with Gasteiger partial charge in [-0.1, -0.05) is 0 Å². The fourth-order valence-electron chi connectivity index (χ4n) is 2.84. The molecule has 0 amide bonds. The number of hydrogen-bond donors (Lipinski definition) is 1. The predicted octanol–water partition coefficient (Wildman–Crippen LogP) is 2.60. The summed E-state index contributed by atoms with van der Waals surface area (Å²) in [7, 11) is 1.55. The molecule has 0 unspecified atom stereocenters. The zero-order valence-corrected chi connectivity index (χ0v) is 11.2. The van der Waals surface area contributed by atoms with Gasteiger partial charge < -0.3 is 14.8 Å². The van der Waals surface area contributed by atoms with E-state index in [0.29, 0.717) is 23.3 Å². The van der Waals surface area contributed by atoms with Crippen molar-refractivity contribution in [1.82, 2.24) is 5.32 Å². The first-order valence-electron chi connectivity index (χ1n) is 6.99. The molecule has 3 rings (SSSR count). The molecule has 1 heterocycles. The number of halogens is 1. The van der Waals surface area contributed by atoms with Crippen LogP contribution in [0.5, 0.6) is 11.5 Å². The van der Waals surface area contributed by atoms with Crippen molar-refractivity contribution in [2.45, 2.75) is 25.4 Å². The Kier molecular flexibility index (Phi) is 3.60. The van der Waals surface area contributed by atoms with Gasteiger partial charge >= 0.3 is 0 Å². The highest BCUT2D eigenvalue weighted by atomic mass is 19.1. The summed E-state index contributed by atoms with van der Waals surface area (Å²) in [6.07, 6.45) is 3.87. The minimum atomic E-state index is -0.297. The fourth-order valence-corrected chi connectivity index (χ4v) is 2.84. The molecule has 1 aliphatic heterocycles. The van der Waals surface area contributed by atoms with Crippen LogP contribution in [-0.2, 0) is 0 Å². The van der Waals surface area contributed by atoms with Crippen molar-refractivity contribution in [2.75, 3.05) is 20.2 Å². The molecule has 3 nitrogen and oxygen atoms in total. The van der Waals surface area contributed by atoms with Crippen LogP contribution in [0.15, 0.2) is 18.2 Å². The van der Waals surface area contributed by atoms with Crippen molar-refractivity contribution in [3.8, 4) is 11.5 Å². The smallest absolute Gasteiger partial charge is 0.163 e. The largest absolute Gasteiger partial charge is 0.493 e. The molecule has 1 N–H and O–H groups in total. The van der Waals surface area contributed by atoms with E-state index in [9.17, 15) is 4.39 Å². The summed E-state index contributed by atoms with van der Waals surface area (Å²) in [4.78, 5) is 0. The molecule has 2 aliphatic rings. The Bertz CT molecular complexity index is 442. The van der Waals surface area contributed by atoms with Gasteiger partial charge in [0.1, 0.15) is 11.9 Å². The lowest BCUT2D eigenvalue weighted by Gasteiger charge is -2.25. The number of methoxy groups -OCH3 is 1. The monoisotopic (exact) mass is 265 g/mol. The fraction of sp³-hybridized carbons (Fsp3) is 0.600. The Morgan fingerprint density at radius 3 is 2.68 bits per heavy atom. The second-order valence-corrected chi connectivity index (χ2v) is 5.47. The van der Waals surface area contributed by atoms with Gasteiger partial charge in [0.05, 0.1) is 7.11 Å². The van der Waals surface area contributed by atoms with Crippen molar-refractivity contribution in [1.29, 1.82) is 0 Å². The third-order valence-electron chi connectivity index (χ3n) is 4.04. The van der Waals surface area contributed by atoms with Crippen LogP contribution < -0.4 is 14.8 Å². The van der Waals surface area contributed by atoms with Crippen LogP contribution in [0.4, 0.5) is 4.39 Å². The summed E-state index contributed by atoms with van der Waals surface area (Å²) < 4.78 is 24.6. The summed E-state index contributed by atoms with van der Waals surface area (Å²) in [6, 6.07) is 4.48. The zero-order valence-electron chi connectivity index (χ0n) is 11.2. The minimum Gasteiger partial charge on any atom is -0.493 e. The molecule has 1 aliphatic carbocycles. The van der Waals surface area contributed by atoms with Crippen molar-refractivity contribution < 1.29 is 13.9 Å². The summed E-state index contributed by atoms with van der Waals surface area (Å²) in [5, 5.41) is 3.39. The lowest BCUT2D eigenvalue weighted by Crippen LogP contribution is -2.31. The molecule has 0 spiro atoms. The number of ether oxygens (including phenoxy) is 2. The maximum atomic E-state index is 13.2. The highest BCUT2D eigenvalue weighted by Crippen LogP contribution is 2.41. The van der Waals surface area contributed by atoms with Gasteiger partial charge in [-0.3, -0.25) is 0 Å². The molecule has 2 atom stereocenters. The van der Waals surface area contributed by atoms with Crippen LogP contribution in [0, 0.1) is 17.7 Å². The molecule has 1 aromatic rings. The first-order valence-corrected chi connectivity index (χ1v) is 6.99. The normalized spacial score (nSPS) is 24.2. The van der Waals surface area contributed by atoms with E-state index in [1.54, 1.807) is 13.2 Å². The van der Waals surface area contributed by atoms with Crippen LogP contribution in [0.2, 0.25) is 0 Å². The van der Waals surface area contributed by atoms with E-state index in [2.05, 4.69) is 5.32 Å². The number of nitrogens with one attached hydrogen (secondary N) is 1. The highest BCUT2D eigenvalue weighted by molar-refractivity contribution is 5.40. The predicted molar refractivity (Wildman–Crippen MR) is 71.1 cm³/mol.